The van der Waals surface area contributed by atoms with Crippen molar-refractivity contribution in [1.29, 1.82) is 0 Å². The van der Waals surface area contributed by atoms with E-state index in [-0.39, 0.29) is 0 Å². The fourth-order valence-electron chi connectivity index (χ4n) is 1.35. The van der Waals surface area contributed by atoms with Crippen molar-refractivity contribution in [3.05, 3.63) is 71.8 Å². The summed E-state index contributed by atoms with van der Waals surface area (Å²) in [6.45, 7) is 0. The molecule has 0 radical (unpaired) electrons. The fraction of sp³-hybridized carbons (Fsp3) is 0. The first-order valence-corrected chi connectivity index (χ1v) is 7.14. The van der Waals surface area contributed by atoms with Gasteiger partial charge in [0.1, 0.15) is 0 Å². The van der Waals surface area contributed by atoms with Crippen LogP contribution < -0.4 is 0 Å². The number of hydrogen-bond donors (Lipinski definition) is 0. The second-order valence-corrected chi connectivity index (χ2v) is 3.82. The molecule has 9 heteroatoms. The van der Waals surface area contributed by atoms with E-state index in [0.717, 1.165) is 0 Å². The molecule has 0 atom stereocenters. The predicted octanol–water partition coefficient (Wildman–Crippen LogP) is 1.34. The Labute approximate surface area is 138 Å². The molecule has 0 aliphatic carbocycles. The Balaban J connectivity index is 0.000000704. The molecule has 0 aromatic heterocycles. The lowest BCUT2D eigenvalue weighted by molar-refractivity contribution is 0.0397. The average Bonchev–Trinajstić information content (AvgIpc) is 2.58. The molecule has 120 valence electrons. The summed E-state index contributed by atoms with van der Waals surface area (Å²) in [7, 11) is 0. The molecule has 2 aromatic carbocycles. The van der Waals surface area contributed by atoms with Crippen LogP contribution in [0, 0.1) is 0 Å². The third-order valence-electron chi connectivity index (χ3n) is 2.20. The number of carbonyl (C=O) groups excluding carboxylic acids is 2. The first-order chi connectivity index (χ1) is 11.1. The molecule has 0 N–H and O–H groups in total. The highest BCUT2D eigenvalue weighted by atomic mass is 32.1. The predicted molar refractivity (Wildman–Crippen MR) is 80.5 cm³/mol. The maximum atomic E-state index is 11.6. The van der Waals surface area contributed by atoms with E-state index in [0.29, 0.717) is 11.1 Å². The summed E-state index contributed by atoms with van der Waals surface area (Å²) >= 11 is -1.50. The highest BCUT2D eigenvalue weighted by Crippen LogP contribution is 2.05. The zero-order chi connectivity index (χ0) is 17.5. The fourth-order valence-corrected chi connectivity index (χ4v) is 1.35. The molecule has 23 heavy (non-hydrogen) atoms. The van der Waals surface area contributed by atoms with Crippen molar-refractivity contribution in [2.75, 3.05) is 0 Å². The largest absolute Gasteiger partial charge is 0.386 e. The summed E-state index contributed by atoms with van der Waals surface area (Å²) in [5.74, 6) is -1.28. The topological polar surface area (TPSA) is 112 Å². The standard InChI is InChI=1S/C14H10O3.2O2S/c15-13(11-7-3-1-4-8-11)17-14(16)12-9-5-2-6-10-12;2*1-3-2/h1-10H;;. The molecule has 0 spiro atoms. The summed E-state index contributed by atoms with van der Waals surface area (Å²) < 4.78 is 37.9. The van der Waals surface area contributed by atoms with Gasteiger partial charge in [-0.3, -0.25) is 0 Å². The molecule has 0 amide bonds. The average molecular weight is 354 g/mol. The van der Waals surface area contributed by atoms with Crippen molar-refractivity contribution < 1.29 is 31.2 Å². The molecule has 7 nitrogen and oxygen atoms in total. The molecular weight excluding hydrogens is 344 g/mol. The highest BCUT2D eigenvalue weighted by molar-refractivity contribution is 7.51. The molecule has 0 bridgehead atoms. The van der Waals surface area contributed by atoms with Crippen LogP contribution in [0.25, 0.3) is 0 Å². The maximum absolute atomic E-state index is 11.6. The van der Waals surface area contributed by atoms with E-state index in [4.69, 9.17) is 21.6 Å². The SMILES string of the molecule is O=C(OC(=O)c1ccccc1)c1ccccc1.O=S=O.O=S=O. The van der Waals surface area contributed by atoms with E-state index in [2.05, 4.69) is 0 Å². The van der Waals surface area contributed by atoms with E-state index < -0.39 is 35.1 Å². The first kappa shape index (κ1) is 20.2. The van der Waals surface area contributed by atoms with Gasteiger partial charge in [-0.1, -0.05) is 36.4 Å². The van der Waals surface area contributed by atoms with E-state index >= 15 is 0 Å². The van der Waals surface area contributed by atoms with Gasteiger partial charge in [0.05, 0.1) is 11.1 Å². The lowest BCUT2D eigenvalue weighted by Crippen LogP contribution is -2.12. The zero-order valence-corrected chi connectivity index (χ0v) is 13.1. The van der Waals surface area contributed by atoms with Gasteiger partial charge in [-0.05, 0) is 24.3 Å². The number of carbonyl (C=O) groups is 2. The zero-order valence-electron chi connectivity index (χ0n) is 11.4. The van der Waals surface area contributed by atoms with Gasteiger partial charge < -0.3 is 4.74 Å². The molecule has 0 aliphatic heterocycles. The van der Waals surface area contributed by atoms with Crippen molar-refractivity contribution in [2.45, 2.75) is 0 Å². The lowest BCUT2D eigenvalue weighted by atomic mass is 10.2. The van der Waals surface area contributed by atoms with Gasteiger partial charge >= 0.3 is 35.1 Å². The van der Waals surface area contributed by atoms with E-state index in [1.54, 1.807) is 60.7 Å². The van der Waals surface area contributed by atoms with Crippen molar-refractivity contribution in [3.63, 3.8) is 0 Å². The van der Waals surface area contributed by atoms with Gasteiger partial charge in [0.25, 0.3) is 0 Å². The molecule has 0 heterocycles. The third-order valence-corrected chi connectivity index (χ3v) is 2.20. The molecule has 0 unspecified atom stereocenters. The normalized spacial score (nSPS) is 8.17. The molecule has 2 rings (SSSR count). The molecule has 2 aromatic rings. The quantitative estimate of drug-likeness (QED) is 0.591. The van der Waals surface area contributed by atoms with Crippen LogP contribution >= 0.6 is 0 Å². The molecular formula is C14H10O7S2. The number of rotatable bonds is 2. The summed E-state index contributed by atoms with van der Waals surface area (Å²) in [5.41, 5.74) is 0.716. The van der Waals surface area contributed by atoms with Crippen molar-refractivity contribution in [1.82, 2.24) is 0 Å². The van der Waals surface area contributed by atoms with Gasteiger partial charge in [-0.25, -0.2) is 9.59 Å². The van der Waals surface area contributed by atoms with Crippen molar-refractivity contribution >= 4 is 35.1 Å². The van der Waals surface area contributed by atoms with Crippen molar-refractivity contribution in [3.8, 4) is 0 Å². The molecule has 0 saturated heterocycles. The van der Waals surface area contributed by atoms with E-state index in [1.165, 1.54) is 0 Å². The van der Waals surface area contributed by atoms with E-state index in [1.807, 2.05) is 0 Å². The van der Waals surface area contributed by atoms with Crippen LogP contribution in [0.1, 0.15) is 20.7 Å². The number of hydrogen-bond acceptors (Lipinski definition) is 7. The minimum absolute atomic E-state index is 0.358. The van der Waals surface area contributed by atoms with Crippen LogP contribution in [0.2, 0.25) is 0 Å². The van der Waals surface area contributed by atoms with Crippen molar-refractivity contribution in [2.24, 2.45) is 0 Å². The smallest absolute Gasteiger partial charge is 0.346 e. The second-order valence-electron chi connectivity index (χ2n) is 3.55. The van der Waals surface area contributed by atoms with Crippen LogP contribution in [-0.2, 0) is 27.9 Å². The summed E-state index contributed by atoms with van der Waals surface area (Å²) in [6.07, 6.45) is 0. The monoisotopic (exact) mass is 354 g/mol. The maximum Gasteiger partial charge on any atom is 0.346 e. The molecule has 0 fully saturated rings. The first-order valence-electron chi connectivity index (χ1n) is 5.80. The van der Waals surface area contributed by atoms with Crippen LogP contribution in [0.3, 0.4) is 0 Å². The van der Waals surface area contributed by atoms with Crippen LogP contribution in [-0.4, -0.2) is 28.8 Å². The minimum atomic E-state index is -0.750. The number of ether oxygens (including phenoxy) is 1. The van der Waals surface area contributed by atoms with E-state index in [9.17, 15) is 9.59 Å². The second kappa shape index (κ2) is 12.9. The van der Waals surface area contributed by atoms with Gasteiger partial charge in [0, 0.05) is 0 Å². The lowest BCUT2D eigenvalue weighted by Gasteiger charge is -2.02. The van der Waals surface area contributed by atoms with Gasteiger partial charge in [-0.2, -0.15) is 16.8 Å². The molecule has 0 aliphatic rings. The Morgan fingerprint density at radius 2 is 0.870 bits per heavy atom. The van der Waals surface area contributed by atoms with Gasteiger partial charge in [-0.15, -0.1) is 0 Å². The highest BCUT2D eigenvalue weighted by Gasteiger charge is 2.13. The summed E-state index contributed by atoms with van der Waals surface area (Å²) in [4.78, 5) is 23.2. The van der Waals surface area contributed by atoms with Gasteiger partial charge in [0.15, 0.2) is 0 Å². The summed E-state index contributed by atoms with van der Waals surface area (Å²) in [6, 6.07) is 16.8. The number of esters is 2. The van der Waals surface area contributed by atoms with Crippen LogP contribution in [0.5, 0.6) is 0 Å². The Morgan fingerprint density at radius 1 is 0.609 bits per heavy atom. The third kappa shape index (κ3) is 8.96. The van der Waals surface area contributed by atoms with Gasteiger partial charge in [0.2, 0.25) is 0 Å². The van der Waals surface area contributed by atoms with Crippen LogP contribution in [0.4, 0.5) is 0 Å². The Kier molecular flexibility index (Phi) is 11.4. The summed E-state index contributed by atoms with van der Waals surface area (Å²) in [5, 5.41) is 0. The number of benzene rings is 2. The minimum Gasteiger partial charge on any atom is -0.386 e. The Morgan fingerprint density at radius 3 is 1.13 bits per heavy atom. The molecule has 0 saturated carbocycles. The van der Waals surface area contributed by atoms with Crippen LogP contribution in [0.15, 0.2) is 60.7 Å². The Bertz CT molecular complexity index is 628. The Hall–Kier alpha value is -2.78.